The number of para-hydroxylation sites is 1. The number of benzene rings is 1. The summed E-state index contributed by atoms with van der Waals surface area (Å²) in [5.74, 6) is 0.348. The van der Waals surface area contributed by atoms with Crippen molar-refractivity contribution in [1.29, 1.82) is 0 Å². The average molecular weight is 160 g/mol. The lowest BCUT2D eigenvalue weighted by molar-refractivity contribution is 0.881. The predicted octanol–water partition coefficient (Wildman–Crippen LogP) is 1.54. The van der Waals surface area contributed by atoms with Crippen LogP contribution in [0.25, 0.3) is 5.32 Å². The van der Waals surface area contributed by atoms with Crippen LogP contribution in [-0.2, 0) is 0 Å². The van der Waals surface area contributed by atoms with E-state index in [1.165, 1.54) is 0 Å². The summed E-state index contributed by atoms with van der Waals surface area (Å²) in [6, 6.07) is 9.47. The maximum Gasteiger partial charge on any atom is 0.0659 e. The van der Waals surface area contributed by atoms with Crippen LogP contribution in [0, 0.1) is 0 Å². The summed E-state index contributed by atoms with van der Waals surface area (Å²) in [6.07, 6.45) is 0. The molecule has 0 aliphatic carbocycles. The van der Waals surface area contributed by atoms with Gasteiger partial charge >= 0.3 is 0 Å². The molecule has 1 heterocycles. The highest BCUT2D eigenvalue weighted by Gasteiger charge is 1.86. The minimum atomic E-state index is 0.348. The predicted molar refractivity (Wildman–Crippen MR) is 43.3 cm³/mol. The second kappa shape index (κ2) is 3.00. The van der Waals surface area contributed by atoms with Gasteiger partial charge in [-0.2, -0.15) is 0 Å². The van der Waals surface area contributed by atoms with Crippen molar-refractivity contribution in [3.05, 3.63) is 35.6 Å². The Hall–Kier alpha value is -1.91. The van der Waals surface area contributed by atoms with Gasteiger partial charge in [0.15, 0.2) is 0 Å². The molecule has 5 heteroatoms. The summed E-state index contributed by atoms with van der Waals surface area (Å²) >= 11 is 0. The zero-order valence-electron chi connectivity index (χ0n) is 6.18. The van der Waals surface area contributed by atoms with Crippen molar-refractivity contribution in [2.75, 3.05) is 0 Å². The van der Waals surface area contributed by atoms with E-state index >= 15 is 0 Å². The molecule has 2 rings (SSSR count). The standard InChI is InChI=1S/C7H6N5/c1-2-4-6(5-3-1)8-7-9-11-12-10-7/h1-5H,(H-,8,9,10,11,12)/q-1. The summed E-state index contributed by atoms with van der Waals surface area (Å²) in [5.41, 5.74) is 0.818. The maximum absolute atomic E-state index is 4.09. The third-order valence-electron chi connectivity index (χ3n) is 1.32. The van der Waals surface area contributed by atoms with E-state index in [9.17, 15) is 0 Å². The number of H-pyrrole nitrogens is 1. The number of nitrogens with one attached hydrogen (secondary N) is 1. The summed E-state index contributed by atoms with van der Waals surface area (Å²) in [4.78, 5) is 0. The first kappa shape index (κ1) is 6.78. The number of hydrogen-bond donors (Lipinski definition) is 1. The molecule has 1 aromatic carbocycles. The highest BCUT2D eigenvalue weighted by molar-refractivity contribution is 5.58. The fourth-order valence-corrected chi connectivity index (χ4v) is 0.822. The molecule has 0 fully saturated rings. The van der Waals surface area contributed by atoms with E-state index in [1.54, 1.807) is 0 Å². The Labute approximate surface area is 68.8 Å². The topological polar surface area (TPSA) is 68.6 Å². The molecule has 1 N–H and O–H groups in total. The van der Waals surface area contributed by atoms with Crippen molar-refractivity contribution in [3.8, 4) is 0 Å². The molecule has 0 aliphatic heterocycles. The van der Waals surface area contributed by atoms with Gasteiger partial charge in [0, 0.05) is 0 Å². The molecule has 5 nitrogen and oxygen atoms in total. The quantitative estimate of drug-likeness (QED) is 0.724. The molecule has 0 saturated carbocycles. The van der Waals surface area contributed by atoms with Gasteiger partial charge in [0.1, 0.15) is 0 Å². The van der Waals surface area contributed by atoms with E-state index in [1.807, 2.05) is 30.3 Å². The highest BCUT2D eigenvalue weighted by atomic mass is 15.5. The van der Waals surface area contributed by atoms with Crippen molar-refractivity contribution >= 4 is 11.6 Å². The Morgan fingerprint density at radius 1 is 1.17 bits per heavy atom. The highest BCUT2D eigenvalue weighted by Crippen LogP contribution is 2.23. The molecule has 0 spiro atoms. The molecule has 12 heavy (non-hydrogen) atoms. The van der Waals surface area contributed by atoms with E-state index in [0.717, 1.165) is 5.69 Å². The van der Waals surface area contributed by atoms with Crippen LogP contribution >= 0.6 is 0 Å². The van der Waals surface area contributed by atoms with Crippen LogP contribution < -0.4 is 0 Å². The van der Waals surface area contributed by atoms with E-state index in [4.69, 9.17) is 0 Å². The number of aromatic nitrogens is 4. The summed E-state index contributed by atoms with van der Waals surface area (Å²) in [7, 11) is 0. The number of tetrazole rings is 1. The summed E-state index contributed by atoms with van der Waals surface area (Å²) < 4.78 is 0. The lowest BCUT2D eigenvalue weighted by atomic mass is 10.3. The minimum absolute atomic E-state index is 0.348. The van der Waals surface area contributed by atoms with Crippen molar-refractivity contribution in [3.63, 3.8) is 0 Å². The van der Waals surface area contributed by atoms with E-state index in [-0.39, 0.29) is 0 Å². The minimum Gasteiger partial charge on any atom is -0.356 e. The van der Waals surface area contributed by atoms with Crippen LogP contribution in [0.5, 0.6) is 0 Å². The van der Waals surface area contributed by atoms with Crippen LogP contribution in [0.2, 0.25) is 0 Å². The Bertz CT molecular complexity index is 328. The number of nitrogens with zero attached hydrogens (tertiary/aromatic N) is 4. The largest absolute Gasteiger partial charge is 0.356 e. The molecular weight excluding hydrogens is 154 g/mol. The molecule has 1 aromatic heterocycles. The SMILES string of the molecule is c1ccc([N-]c2nn[nH]n2)cc1. The van der Waals surface area contributed by atoms with E-state index < -0.39 is 0 Å². The third-order valence-corrected chi connectivity index (χ3v) is 1.32. The fraction of sp³-hybridized carbons (Fsp3) is 0. The number of hydrogen-bond acceptors (Lipinski definition) is 3. The monoisotopic (exact) mass is 160 g/mol. The maximum atomic E-state index is 4.09. The molecule has 0 aliphatic rings. The van der Waals surface area contributed by atoms with Crippen LogP contribution in [0.1, 0.15) is 0 Å². The first-order chi connectivity index (χ1) is 5.95. The van der Waals surface area contributed by atoms with Crippen LogP contribution in [0.3, 0.4) is 0 Å². The van der Waals surface area contributed by atoms with E-state index in [2.05, 4.69) is 25.9 Å². The molecule has 2 aromatic rings. The van der Waals surface area contributed by atoms with Crippen LogP contribution in [-0.4, -0.2) is 20.6 Å². The zero-order chi connectivity index (χ0) is 8.23. The second-order valence-electron chi connectivity index (χ2n) is 2.16. The second-order valence-corrected chi connectivity index (χ2v) is 2.16. The molecule has 0 atom stereocenters. The van der Waals surface area contributed by atoms with Gasteiger partial charge in [-0.05, 0) is 5.69 Å². The third kappa shape index (κ3) is 1.39. The summed E-state index contributed by atoms with van der Waals surface area (Å²) in [6.45, 7) is 0. The van der Waals surface area contributed by atoms with E-state index in [0.29, 0.717) is 5.95 Å². The summed E-state index contributed by atoms with van der Waals surface area (Å²) in [5, 5.41) is 17.2. The number of aromatic amines is 1. The van der Waals surface area contributed by atoms with Crippen LogP contribution in [0.4, 0.5) is 11.6 Å². The molecule has 0 unspecified atom stereocenters. The van der Waals surface area contributed by atoms with Gasteiger partial charge in [-0.1, -0.05) is 30.3 Å². The number of rotatable bonds is 2. The Morgan fingerprint density at radius 3 is 2.67 bits per heavy atom. The normalized spacial score (nSPS) is 9.67. The van der Waals surface area contributed by atoms with Gasteiger partial charge < -0.3 is 5.32 Å². The van der Waals surface area contributed by atoms with Gasteiger partial charge in [0.2, 0.25) is 0 Å². The Kier molecular flexibility index (Phi) is 1.69. The van der Waals surface area contributed by atoms with Crippen LogP contribution in [0.15, 0.2) is 30.3 Å². The van der Waals surface area contributed by atoms with Gasteiger partial charge in [0.05, 0.1) is 5.95 Å². The molecule has 0 bridgehead atoms. The first-order valence-corrected chi connectivity index (χ1v) is 3.45. The molecule has 60 valence electrons. The van der Waals surface area contributed by atoms with Gasteiger partial charge in [0.25, 0.3) is 0 Å². The van der Waals surface area contributed by atoms with Crippen molar-refractivity contribution in [2.45, 2.75) is 0 Å². The van der Waals surface area contributed by atoms with Gasteiger partial charge in [-0.15, -0.1) is 5.21 Å². The average Bonchev–Trinajstić information content (AvgIpc) is 2.59. The van der Waals surface area contributed by atoms with Crippen molar-refractivity contribution in [2.24, 2.45) is 0 Å². The van der Waals surface area contributed by atoms with Gasteiger partial charge in [-0.25, -0.2) is 0 Å². The first-order valence-electron chi connectivity index (χ1n) is 3.45. The zero-order valence-corrected chi connectivity index (χ0v) is 6.18. The van der Waals surface area contributed by atoms with Crippen molar-refractivity contribution < 1.29 is 0 Å². The fourth-order valence-electron chi connectivity index (χ4n) is 0.822. The molecule has 0 saturated heterocycles. The lowest BCUT2D eigenvalue weighted by Crippen LogP contribution is -1.70. The van der Waals surface area contributed by atoms with Gasteiger partial charge in [-0.3, -0.25) is 15.4 Å². The Balaban J connectivity index is 2.15. The van der Waals surface area contributed by atoms with Crippen molar-refractivity contribution in [1.82, 2.24) is 20.6 Å². The molecule has 0 amide bonds. The smallest absolute Gasteiger partial charge is 0.0659 e. The lowest BCUT2D eigenvalue weighted by Gasteiger charge is -2.04. The Morgan fingerprint density at radius 2 is 2.00 bits per heavy atom. The molecule has 0 radical (unpaired) electrons. The molecular formula is C7H6N5-.